The number of rotatable bonds is 5. The lowest BCUT2D eigenvalue weighted by Crippen LogP contribution is -2.03. The van der Waals surface area contributed by atoms with Gasteiger partial charge in [-0.3, -0.25) is 0 Å². The first-order valence-corrected chi connectivity index (χ1v) is 7.62. The van der Waals surface area contributed by atoms with Gasteiger partial charge in [0.05, 0.1) is 18.9 Å². The van der Waals surface area contributed by atoms with Gasteiger partial charge in [-0.05, 0) is 42.5 Å². The summed E-state index contributed by atoms with van der Waals surface area (Å²) in [5.74, 6) is 1.19. The zero-order chi connectivity index (χ0) is 14.8. The quantitative estimate of drug-likeness (QED) is 0.832. The van der Waals surface area contributed by atoms with Crippen LogP contribution in [0.4, 0.5) is 0 Å². The molecule has 1 aromatic heterocycles. The molecule has 0 aliphatic heterocycles. The fourth-order valence-corrected chi connectivity index (χ4v) is 2.49. The van der Waals surface area contributed by atoms with Crippen LogP contribution in [-0.4, -0.2) is 16.7 Å². The predicted octanol–water partition coefficient (Wildman–Crippen LogP) is 4.34. The normalized spacial score (nSPS) is 14.2. The van der Waals surface area contributed by atoms with Crippen LogP contribution in [0.15, 0.2) is 30.3 Å². The molecule has 2 aromatic rings. The Balaban J connectivity index is 2.01. The minimum atomic E-state index is -0.163. The van der Waals surface area contributed by atoms with Crippen molar-refractivity contribution in [2.24, 2.45) is 5.92 Å². The Bertz CT molecular complexity index is 639. The first-order valence-electron chi connectivity index (χ1n) is 6.86. The van der Waals surface area contributed by atoms with Crippen LogP contribution in [0.5, 0.6) is 5.75 Å². The molecule has 1 fully saturated rings. The number of benzene rings is 1. The maximum atomic E-state index is 9.31. The molecular weight excluding hydrogens is 309 g/mol. The summed E-state index contributed by atoms with van der Waals surface area (Å²) >= 11 is 12.2. The molecule has 1 N–H and O–H groups in total. The second kappa shape index (κ2) is 6.22. The molecule has 21 heavy (non-hydrogen) atoms. The number of pyridine rings is 1. The molecule has 0 atom stereocenters. The highest BCUT2D eigenvalue weighted by Crippen LogP contribution is 2.38. The lowest BCUT2D eigenvalue weighted by molar-refractivity contribution is 0.275. The molecule has 1 aromatic carbocycles. The zero-order valence-corrected chi connectivity index (χ0v) is 12.9. The van der Waals surface area contributed by atoms with Crippen molar-refractivity contribution < 1.29 is 9.84 Å². The van der Waals surface area contributed by atoms with Gasteiger partial charge >= 0.3 is 0 Å². The molecule has 0 saturated heterocycles. The van der Waals surface area contributed by atoms with Crippen molar-refractivity contribution in [1.82, 2.24) is 4.98 Å². The topological polar surface area (TPSA) is 42.4 Å². The minimum absolute atomic E-state index is 0.163. The van der Waals surface area contributed by atoms with E-state index in [9.17, 15) is 5.11 Å². The summed E-state index contributed by atoms with van der Waals surface area (Å²) in [4.78, 5) is 4.16. The molecule has 0 unspecified atom stereocenters. The van der Waals surface area contributed by atoms with Crippen LogP contribution in [0.1, 0.15) is 18.5 Å². The van der Waals surface area contributed by atoms with Crippen LogP contribution in [0, 0.1) is 5.92 Å². The number of nitrogens with zero attached hydrogens (tertiary/aromatic N) is 1. The van der Waals surface area contributed by atoms with Crippen molar-refractivity contribution in [2.75, 3.05) is 6.61 Å². The summed E-state index contributed by atoms with van der Waals surface area (Å²) in [6.45, 7) is 0.490. The Labute approximate surface area is 133 Å². The van der Waals surface area contributed by atoms with Gasteiger partial charge in [0.1, 0.15) is 0 Å². The monoisotopic (exact) mass is 323 g/mol. The SMILES string of the molecule is OCc1cc(-c2ccc(Cl)cc2)c(OCC2CC2)c(Cl)n1. The average molecular weight is 324 g/mol. The number of hydrogen-bond acceptors (Lipinski definition) is 3. The van der Waals surface area contributed by atoms with Crippen molar-refractivity contribution in [3.8, 4) is 16.9 Å². The summed E-state index contributed by atoms with van der Waals surface area (Å²) in [5.41, 5.74) is 2.28. The molecule has 110 valence electrons. The molecular formula is C16H15Cl2NO2. The van der Waals surface area contributed by atoms with Gasteiger partial charge in [0.2, 0.25) is 0 Å². The Kier molecular flexibility index (Phi) is 4.34. The van der Waals surface area contributed by atoms with E-state index in [-0.39, 0.29) is 11.8 Å². The molecule has 0 bridgehead atoms. The van der Waals surface area contributed by atoms with Gasteiger partial charge in [-0.25, -0.2) is 4.98 Å². The molecule has 0 radical (unpaired) electrons. The second-order valence-electron chi connectivity index (χ2n) is 5.20. The van der Waals surface area contributed by atoms with E-state index in [2.05, 4.69) is 4.98 Å². The van der Waals surface area contributed by atoms with Crippen molar-refractivity contribution in [2.45, 2.75) is 19.4 Å². The minimum Gasteiger partial charge on any atom is -0.489 e. The first kappa shape index (κ1) is 14.6. The molecule has 1 saturated carbocycles. The number of aliphatic hydroxyl groups is 1. The van der Waals surface area contributed by atoms with Crippen LogP contribution >= 0.6 is 23.2 Å². The lowest BCUT2D eigenvalue weighted by atomic mass is 10.1. The van der Waals surface area contributed by atoms with E-state index in [4.69, 9.17) is 27.9 Å². The van der Waals surface area contributed by atoms with Gasteiger partial charge in [0.25, 0.3) is 0 Å². The number of hydrogen-bond donors (Lipinski definition) is 1. The van der Waals surface area contributed by atoms with Gasteiger partial charge in [-0.15, -0.1) is 0 Å². The highest BCUT2D eigenvalue weighted by atomic mass is 35.5. The predicted molar refractivity (Wildman–Crippen MR) is 83.8 cm³/mol. The molecule has 0 amide bonds. The second-order valence-corrected chi connectivity index (χ2v) is 5.99. The van der Waals surface area contributed by atoms with Crippen LogP contribution in [-0.2, 0) is 6.61 Å². The Hall–Kier alpha value is -1.29. The lowest BCUT2D eigenvalue weighted by Gasteiger charge is -2.14. The summed E-state index contributed by atoms with van der Waals surface area (Å²) in [6, 6.07) is 9.23. The van der Waals surface area contributed by atoms with Crippen LogP contribution in [0.3, 0.4) is 0 Å². The fraction of sp³-hybridized carbons (Fsp3) is 0.312. The Morgan fingerprint density at radius 1 is 1.19 bits per heavy atom. The Morgan fingerprint density at radius 3 is 2.52 bits per heavy atom. The largest absolute Gasteiger partial charge is 0.489 e. The molecule has 1 aliphatic rings. The maximum Gasteiger partial charge on any atom is 0.172 e. The zero-order valence-electron chi connectivity index (χ0n) is 11.4. The van der Waals surface area contributed by atoms with Crippen molar-refractivity contribution in [3.05, 3.63) is 46.2 Å². The molecule has 3 nitrogen and oxygen atoms in total. The van der Waals surface area contributed by atoms with E-state index in [1.807, 2.05) is 24.3 Å². The number of ether oxygens (including phenoxy) is 1. The van der Waals surface area contributed by atoms with Crippen molar-refractivity contribution in [1.29, 1.82) is 0 Å². The first-order chi connectivity index (χ1) is 10.2. The van der Waals surface area contributed by atoms with E-state index in [1.54, 1.807) is 6.07 Å². The highest BCUT2D eigenvalue weighted by molar-refractivity contribution is 6.31. The maximum absolute atomic E-state index is 9.31. The average Bonchev–Trinajstić information content (AvgIpc) is 3.30. The third-order valence-corrected chi connectivity index (χ3v) is 3.97. The van der Waals surface area contributed by atoms with E-state index in [0.29, 0.717) is 29.0 Å². The summed E-state index contributed by atoms with van der Waals surface area (Å²) < 4.78 is 5.87. The van der Waals surface area contributed by atoms with Crippen molar-refractivity contribution in [3.63, 3.8) is 0 Å². The van der Waals surface area contributed by atoms with Crippen molar-refractivity contribution >= 4 is 23.2 Å². The van der Waals surface area contributed by atoms with E-state index in [1.165, 1.54) is 12.8 Å². The molecule has 0 spiro atoms. The third kappa shape index (κ3) is 3.49. The van der Waals surface area contributed by atoms with E-state index in [0.717, 1.165) is 11.1 Å². The van der Waals surface area contributed by atoms with Gasteiger partial charge in [-0.2, -0.15) is 0 Å². The van der Waals surface area contributed by atoms with Crippen LogP contribution in [0.2, 0.25) is 10.2 Å². The van der Waals surface area contributed by atoms with Crippen LogP contribution in [0.25, 0.3) is 11.1 Å². The number of aliphatic hydroxyl groups excluding tert-OH is 1. The smallest absolute Gasteiger partial charge is 0.172 e. The summed E-state index contributed by atoms with van der Waals surface area (Å²) in [6.07, 6.45) is 2.41. The highest BCUT2D eigenvalue weighted by Gasteiger charge is 2.24. The standard InChI is InChI=1S/C16H15Cl2NO2/c17-12-5-3-11(4-6-12)14-7-13(8-20)19-16(18)15(14)21-9-10-1-2-10/h3-7,10,20H,1-2,8-9H2. The molecule has 1 heterocycles. The Morgan fingerprint density at radius 2 is 1.90 bits per heavy atom. The number of halogens is 2. The number of aromatic nitrogens is 1. The summed E-state index contributed by atoms with van der Waals surface area (Å²) in [7, 11) is 0. The summed E-state index contributed by atoms with van der Waals surface area (Å²) in [5, 5.41) is 10.3. The van der Waals surface area contributed by atoms with Crippen LogP contribution < -0.4 is 4.74 Å². The molecule has 5 heteroatoms. The third-order valence-electron chi connectivity index (χ3n) is 3.46. The van der Waals surface area contributed by atoms with Gasteiger partial charge in [0.15, 0.2) is 10.9 Å². The van der Waals surface area contributed by atoms with Gasteiger partial charge < -0.3 is 9.84 Å². The molecule has 1 aliphatic carbocycles. The van der Waals surface area contributed by atoms with Gasteiger partial charge in [-0.1, -0.05) is 35.3 Å². The fourth-order valence-electron chi connectivity index (χ4n) is 2.10. The van der Waals surface area contributed by atoms with E-state index >= 15 is 0 Å². The molecule has 3 rings (SSSR count). The van der Waals surface area contributed by atoms with E-state index < -0.39 is 0 Å². The van der Waals surface area contributed by atoms with Gasteiger partial charge in [0, 0.05) is 10.6 Å².